The Bertz CT molecular complexity index is 1100. The number of hydrogen-bond donors (Lipinski definition) is 3. The third kappa shape index (κ3) is 3.99. The Morgan fingerprint density at radius 1 is 1.40 bits per heavy atom. The van der Waals surface area contributed by atoms with Gasteiger partial charge in [-0.15, -0.1) is 11.3 Å². The highest BCUT2D eigenvalue weighted by atomic mass is 32.1. The van der Waals surface area contributed by atoms with Gasteiger partial charge in [0.25, 0.3) is 0 Å². The van der Waals surface area contributed by atoms with Crippen molar-refractivity contribution in [3.8, 4) is 21.8 Å². The number of rotatable bonds is 7. The van der Waals surface area contributed by atoms with Crippen LogP contribution in [0.15, 0.2) is 29.9 Å². The second kappa shape index (κ2) is 8.76. The lowest BCUT2D eigenvalue weighted by Crippen LogP contribution is -2.16. The first-order valence-corrected chi connectivity index (χ1v) is 10.7. The van der Waals surface area contributed by atoms with Crippen LogP contribution in [-0.4, -0.2) is 45.8 Å². The van der Waals surface area contributed by atoms with Gasteiger partial charge in [0, 0.05) is 33.1 Å². The molecule has 4 rings (SSSR count). The zero-order valence-electron chi connectivity index (χ0n) is 17.3. The summed E-state index contributed by atoms with van der Waals surface area (Å²) in [6.07, 6.45) is 6.95. The van der Waals surface area contributed by atoms with Crippen LogP contribution in [0.5, 0.6) is 0 Å². The second-order valence-corrected chi connectivity index (χ2v) is 8.03. The monoisotopic (exact) mass is 423 g/mol. The summed E-state index contributed by atoms with van der Waals surface area (Å²) in [4.78, 5) is 10.4. The van der Waals surface area contributed by atoms with E-state index in [0.717, 1.165) is 41.1 Å². The predicted molar refractivity (Wildman–Crippen MR) is 120 cm³/mol. The van der Waals surface area contributed by atoms with Crippen molar-refractivity contribution >= 4 is 23.1 Å². The molecule has 0 unspecified atom stereocenters. The van der Waals surface area contributed by atoms with E-state index >= 15 is 0 Å². The molecule has 0 aliphatic heterocycles. The van der Waals surface area contributed by atoms with Crippen molar-refractivity contribution in [1.82, 2.24) is 25.1 Å². The van der Waals surface area contributed by atoms with Gasteiger partial charge < -0.3 is 15.4 Å². The third-order valence-corrected chi connectivity index (χ3v) is 6.02. The van der Waals surface area contributed by atoms with Gasteiger partial charge in [-0.1, -0.05) is 0 Å². The van der Waals surface area contributed by atoms with E-state index in [1.54, 1.807) is 30.7 Å². The molecule has 9 heteroatoms. The molecule has 0 bridgehead atoms. The van der Waals surface area contributed by atoms with Crippen molar-refractivity contribution in [3.63, 3.8) is 0 Å². The molecule has 0 fully saturated rings. The van der Waals surface area contributed by atoms with Gasteiger partial charge in [-0.05, 0) is 48.4 Å². The maximum atomic E-state index is 8.12. The fraction of sp³-hybridized carbons (Fsp3) is 0.333. The Morgan fingerprint density at radius 3 is 3.03 bits per heavy atom. The van der Waals surface area contributed by atoms with Crippen molar-refractivity contribution in [2.45, 2.75) is 19.8 Å². The zero-order valence-corrected chi connectivity index (χ0v) is 18.1. The summed E-state index contributed by atoms with van der Waals surface area (Å²) >= 11 is 1.72. The van der Waals surface area contributed by atoms with Crippen LogP contribution in [0.4, 0.5) is 5.95 Å². The fourth-order valence-electron chi connectivity index (χ4n) is 3.55. The van der Waals surface area contributed by atoms with Gasteiger partial charge in [0.2, 0.25) is 5.95 Å². The standard InChI is InChI=1S/C21H25N7OS/c1-13-7-11-30-20(13)19-17-15(27-28(19)2)5-4-14-12-24-21(26-18(14)17)25-16(22)6-8-23-9-10-29-3/h6-8,11-12,23H,4-5,9-10H2,1-3H3,(H2,22,24,25,26)/b8-6-. The summed E-state index contributed by atoms with van der Waals surface area (Å²) in [5, 5.41) is 21.0. The molecule has 156 valence electrons. The van der Waals surface area contributed by atoms with Crippen molar-refractivity contribution in [2.24, 2.45) is 7.05 Å². The molecule has 3 heterocycles. The minimum Gasteiger partial charge on any atom is -0.388 e. The molecule has 3 aromatic rings. The molecule has 30 heavy (non-hydrogen) atoms. The molecule has 3 N–H and O–H groups in total. The first-order valence-electron chi connectivity index (χ1n) is 9.79. The van der Waals surface area contributed by atoms with E-state index in [1.165, 1.54) is 10.4 Å². The summed E-state index contributed by atoms with van der Waals surface area (Å²) in [6.45, 7) is 3.42. The highest BCUT2D eigenvalue weighted by Crippen LogP contribution is 2.42. The molecule has 8 nitrogen and oxygen atoms in total. The predicted octanol–water partition coefficient (Wildman–Crippen LogP) is 3.15. The quantitative estimate of drug-likeness (QED) is 0.307. The number of thiophene rings is 1. The molecule has 0 atom stereocenters. The summed E-state index contributed by atoms with van der Waals surface area (Å²) in [6, 6.07) is 2.13. The summed E-state index contributed by atoms with van der Waals surface area (Å²) in [5.41, 5.74) is 6.49. The Hall–Kier alpha value is -3.04. The summed E-state index contributed by atoms with van der Waals surface area (Å²) in [5.74, 6) is 0.613. The molecule has 0 spiro atoms. The number of aromatic nitrogens is 4. The van der Waals surface area contributed by atoms with Gasteiger partial charge in [0.1, 0.15) is 5.84 Å². The molecule has 0 aromatic carbocycles. The lowest BCUT2D eigenvalue weighted by molar-refractivity contribution is 0.203. The van der Waals surface area contributed by atoms with Crippen LogP contribution < -0.4 is 10.6 Å². The Balaban J connectivity index is 1.62. The molecule has 3 aromatic heterocycles. The van der Waals surface area contributed by atoms with Crippen LogP contribution in [0.3, 0.4) is 0 Å². The van der Waals surface area contributed by atoms with Gasteiger partial charge in [0.15, 0.2) is 0 Å². The van der Waals surface area contributed by atoms with E-state index < -0.39 is 0 Å². The zero-order chi connectivity index (χ0) is 21.1. The van der Waals surface area contributed by atoms with Crippen molar-refractivity contribution in [2.75, 3.05) is 25.6 Å². The number of hydrogen-bond acceptors (Lipinski definition) is 7. The van der Waals surface area contributed by atoms with Gasteiger partial charge in [-0.25, -0.2) is 9.97 Å². The second-order valence-electron chi connectivity index (χ2n) is 7.11. The van der Waals surface area contributed by atoms with E-state index in [9.17, 15) is 0 Å². The van der Waals surface area contributed by atoms with Gasteiger partial charge >= 0.3 is 0 Å². The van der Waals surface area contributed by atoms with E-state index in [4.69, 9.17) is 20.2 Å². The highest BCUT2D eigenvalue weighted by Gasteiger charge is 2.28. The lowest BCUT2D eigenvalue weighted by atomic mass is 9.92. The SMILES string of the molecule is COCCN/C=C\C(=N)Nc1ncc2c(n1)-c1c(nn(C)c1-c1sccc1C)CC2. The van der Waals surface area contributed by atoms with Crippen molar-refractivity contribution in [3.05, 3.63) is 46.7 Å². The van der Waals surface area contributed by atoms with E-state index in [0.29, 0.717) is 19.1 Å². The van der Waals surface area contributed by atoms with Crippen LogP contribution >= 0.6 is 11.3 Å². The van der Waals surface area contributed by atoms with Crippen LogP contribution in [0.2, 0.25) is 0 Å². The normalized spacial score (nSPS) is 12.6. The minimum atomic E-state index is 0.205. The maximum Gasteiger partial charge on any atom is 0.228 e. The number of methoxy groups -OCH3 is 1. The van der Waals surface area contributed by atoms with Crippen LogP contribution in [0.1, 0.15) is 16.8 Å². The van der Waals surface area contributed by atoms with E-state index in [2.05, 4.69) is 34.0 Å². The Kier molecular flexibility index (Phi) is 5.91. The van der Waals surface area contributed by atoms with Crippen LogP contribution in [0, 0.1) is 12.3 Å². The first-order chi connectivity index (χ1) is 14.6. The number of anilines is 1. The topological polar surface area (TPSA) is 101 Å². The number of ether oxygens (including phenoxy) is 1. The van der Waals surface area contributed by atoms with Gasteiger partial charge in [-0.2, -0.15) is 5.10 Å². The average Bonchev–Trinajstić information content (AvgIpc) is 3.29. The van der Waals surface area contributed by atoms with Crippen LogP contribution in [-0.2, 0) is 24.6 Å². The van der Waals surface area contributed by atoms with E-state index in [1.807, 2.05) is 17.9 Å². The molecule has 0 saturated carbocycles. The number of nitrogens with one attached hydrogen (secondary N) is 3. The minimum absolute atomic E-state index is 0.205. The molecule has 0 saturated heterocycles. The number of amidine groups is 1. The number of fused-ring (bicyclic) bond motifs is 3. The Labute approximate surface area is 179 Å². The average molecular weight is 424 g/mol. The maximum absolute atomic E-state index is 8.12. The van der Waals surface area contributed by atoms with Crippen molar-refractivity contribution < 1.29 is 4.74 Å². The van der Waals surface area contributed by atoms with Gasteiger partial charge in [0.05, 0.1) is 34.1 Å². The highest BCUT2D eigenvalue weighted by molar-refractivity contribution is 7.13. The van der Waals surface area contributed by atoms with Crippen LogP contribution in [0.25, 0.3) is 21.8 Å². The van der Waals surface area contributed by atoms with E-state index in [-0.39, 0.29) is 5.84 Å². The number of aryl methyl sites for hydroxylation is 4. The Morgan fingerprint density at radius 2 is 2.27 bits per heavy atom. The molecular weight excluding hydrogens is 398 g/mol. The third-order valence-electron chi connectivity index (χ3n) is 4.99. The fourth-order valence-corrected chi connectivity index (χ4v) is 4.56. The smallest absolute Gasteiger partial charge is 0.228 e. The largest absolute Gasteiger partial charge is 0.388 e. The summed E-state index contributed by atoms with van der Waals surface area (Å²) < 4.78 is 6.94. The molecule has 0 radical (unpaired) electrons. The molecule has 1 aliphatic rings. The lowest BCUT2D eigenvalue weighted by Gasteiger charge is -2.16. The molecule has 1 aliphatic carbocycles. The molecule has 0 amide bonds. The van der Waals surface area contributed by atoms with Crippen molar-refractivity contribution in [1.29, 1.82) is 5.41 Å². The van der Waals surface area contributed by atoms with Gasteiger partial charge in [-0.3, -0.25) is 10.1 Å². The first kappa shape index (κ1) is 20.2. The molecular formula is C21H25N7OS. The number of nitrogens with zero attached hydrogens (tertiary/aromatic N) is 4. The summed E-state index contributed by atoms with van der Waals surface area (Å²) in [7, 11) is 3.64.